The topological polar surface area (TPSA) is 40.1 Å². The van der Waals surface area contributed by atoms with E-state index in [9.17, 15) is 9.90 Å². The molecule has 0 radical (unpaired) electrons. The Bertz CT molecular complexity index is 698. The zero-order valence-corrected chi connectivity index (χ0v) is 23.0. The van der Waals surface area contributed by atoms with Gasteiger partial charge >= 0.3 is 0 Å². The lowest BCUT2D eigenvalue weighted by Crippen LogP contribution is -2.21. The van der Waals surface area contributed by atoms with E-state index < -0.39 is 13.2 Å². The van der Waals surface area contributed by atoms with Crippen molar-refractivity contribution in [2.45, 2.75) is 97.8 Å². The lowest BCUT2D eigenvalue weighted by Gasteiger charge is -2.28. The number of carbonyl (C=O) groups excluding carboxylic acids is 1. The van der Waals surface area contributed by atoms with Gasteiger partial charge in [0.1, 0.15) is 0 Å². The second-order valence-electron chi connectivity index (χ2n) is 9.49. The van der Waals surface area contributed by atoms with Gasteiger partial charge in [0.25, 0.3) is 0 Å². The Balaban J connectivity index is 0.000000533. The van der Waals surface area contributed by atoms with Crippen LogP contribution >= 0.6 is 7.26 Å². The lowest BCUT2D eigenvalue weighted by atomic mass is 10.2. The van der Waals surface area contributed by atoms with E-state index in [-0.39, 0.29) is 5.56 Å². The third kappa shape index (κ3) is 12.7. The monoisotopic (exact) mass is 484 g/mol. The maximum absolute atomic E-state index is 10.1. The average molecular weight is 485 g/mol. The first-order valence-corrected chi connectivity index (χ1v) is 16.1. The fraction of sp³-hybridized carbons (Fsp3) is 0.581. The molecule has 0 bridgehead atoms. The lowest BCUT2D eigenvalue weighted by molar-refractivity contribution is -0.255. The number of rotatable bonds is 17. The fourth-order valence-electron chi connectivity index (χ4n) is 4.56. The van der Waals surface area contributed by atoms with Crippen LogP contribution in [0.25, 0.3) is 0 Å². The number of unbranched alkanes of at least 4 members (excludes halogenated alkanes) is 9. The summed E-state index contributed by atoms with van der Waals surface area (Å²) in [6, 6.07) is 19.8. The van der Waals surface area contributed by atoms with E-state index in [1.807, 2.05) is 0 Å². The summed E-state index contributed by atoms with van der Waals surface area (Å²) in [5.74, 6) is -1.13. The fourth-order valence-corrected chi connectivity index (χ4v) is 9.30. The molecule has 3 heteroatoms. The highest BCUT2D eigenvalue weighted by Gasteiger charge is 2.38. The second-order valence-corrected chi connectivity index (χ2v) is 13.6. The van der Waals surface area contributed by atoms with Crippen LogP contribution in [0, 0.1) is 0 Å². The number of hydrogen-bond donors (Lipinski definition) is 0. The number of benzene rings is 2. The molecular formula is C31H49O2P. The van der Waals surface area contributed by atoms with Crippen molar-refractivity contribution in [1.29, 1.82) is 0 Å². The standard InChI is InChI=1S/C24H44P.C7H6O2/c1-4-7-10-16-21-25(22-17-11-8-5-2,23-18-12-9-6-3)24-19-14-13-15-20-24;8-7(9)6-4-2-1-3-5-6/h13-15,19-20H,4-12,16-18,21-23H2,1-3H3;1-5H,(H,8,9)/q+1;/p-1. The molecule has 0 saturated carbocycles. The van der Waals surface area contributed by atoms with E-state index in [0.717, 1.165) is 0 Å². The summed E-state index contributed by atoms with van der Waals surface area (Å²) >= 11 is 0. The van der Waals surface area contributed by atoms with Crippen LogP contribution in [0.5, 0.6) is 0 Å². The van der Waals surface area contributed by atoms with Gasteiger partial charge in [-0.3, -0.25) is 0 Å². The number of carboxylic acid groups (broad SMARTS) is 1. The molecule has 0 spiro atoms. The second kappa shape index (κ2) is 19.6. The summed E-state index contributed by atoms with van der Waals surface area (Å²) in [6.45, 7) is 6.99. The number of hydrogen-bond acceptors (Lipinski definition) is 2. The molecular weight excluding hydrogens is 435 g/mol. The molecule has 0 saturated heterocycles. The van der Waals surface area contributed by atoms with E-state index >= 15 is 0 Å². The molecule has 0 aliphatic heterocycles. The summed E-state index contributed by atoms with van der Waals surface area (Å²) in [7, 11) is -0.969. The SMILES string of the molecule is CCCCCC[P+](CCCCCC)(CCCCCC)c1ccccc1.O=C([O-])c1ccccc1. The molecule has 0 unspecified atom stereocenters. The van der Waals surface area contributed by atoms with Crippen molar-refractivity contribution in [2.75, 3.05) is 18.5 Å². The van der Waals surface area contributed by atoms with Gasteiger partial charge in [0, 0.05) is 7.26 Å². The molecule has 2 rings (SSSR count). The van der Waals surface area contributed by atoms with Gasteiger partial charge < -0.3 is 9.90 Å². The highest BCUT2D eigenvalue weighted by atomic mass is 31.2. The first kappa shape index (κ1) is 30.4. The molecule has 190 valence electrons. The Morgan fingerprint density at radius 1 is 0.588 bits per heavy atom. The van der Waals surface area contributed by atoms with E-state index in [1.165, 1.54) is 108 Å². The van der Waals surface area contributed by atoms with E-state index in [0.29, 0.717) is 0 Å². The normalized spacial score (nSPS) is 11.0. The molecule has 0 aromatic heterocycles. The minimum Gasteiger partial charge on any atom is -0.545 e. The molecule has 2 aromatic carbocycles. The van der Waals surface area contributed by atoms with Crippen molar-refractivity contribution < 1.29 is 9.90 Å². The minimum absolute atomic E-state index is 0.220. The predicted octanol–water partition coefficient (Wildman–Crippen LogP) is 8.12. The average Bonchev–Trinajstić information content (AvgIpc) is 2.88. The van der Waals surface area contributed by atoms with Crippen LogP contribution in [0.3, 0.4) is 0 Å². The summed E-state index contributed by atoms with van der Waals surface area (Å²) < 4.78 is 0. The highest BCUT2D eigenvalue weighted by molar-refractivity contribution is 7.82. The highest BCUT2D eigenvalue weighted by Crippen LogP contribution is 2.59. The maximum Gasteiger partial charge on any atom is 0.0939 e. The molecule has 34 heavy (non-hydrogen) atoms. The summed E-state index contributed by atoms with van der Waals surface area (Å²) in [5, 5.41) is 11.8. The predicted molar refractivity (Wildman–Crippen MR) is 151 cm³/mol. The van der Waals surface area contributed by atoms with Gasteiger partial charge in [-0.25, -0.2) is 0 Å². The van der Waals surface area contributed by atoms with Crippen molar-refractivity contribution in [2.24, 2.45) is 0 Å². The molecule has 0 heterocycles. The minimum atomic E-state index is -1.13. The molecule has 2 nitrogen and oxygen atoms in total. The van der Waals surface area contributed by atoms with Crippen LogP contribution in [-0.2, 0) is 0 Å². The van der Waals surface area contributed by atoms with E-state index in [1.54, 1.807) is 23.5 Å². The molecule has 2 aromatic rings. The third-order valence-corrected chi connectivity index (χ3v) is 11.5. The summed E-state index contributed by atoms with van der Waals surface area (Å²) in [5.41, 5.74) is 0.220. The maximum atomic E-state index is 10.1. The number of aromatic carboxylic acids is 1. The van der Waals surface area contributed by atoms with Gasteiger partial charge in [-0.15, -0.1) is 0 Å². The smallest absolute Gasteiger partial charge is 0.0939 e. The van der Waals surface area contributed by atoms with E-state index in [2.05, 4.69) is 51.1 Å². The number of carboxylic acids is 1. The molecule has 0 fully saturated rings. The van der Waals surface area contributed by atoms with Crippen molar-refractivity contribution in [3.05, 3.63) is 66.2 Å². The van der Waals surface area contributed by atoms with E-state index in [4.69, 9.17) is 0 Å². The molecule has 0 aliphatic rings. The first-order valence-electron chi connectivity index (χ1n) is 13.8. The van der Waals surface area contributed by atoms with Crippen molar-refractivity contribution in [3.63, 3.8) is 0 Å². The quantitative estimate of drug-likeness (QED) is 0.168. The van der Waals surface area contributed by atoms with Gasteiger partial charge in [-0.05, 0) is 56.2 Å². The first-order chi connectivity index (χ1) is 16.6. The van der Waals surface area contributed by atoms with Crippen molar-refractivity contribution in [3.8, 4) is 0 Å². The Labute approximate surface area is 210 Å². The van der Waals surface area contributed by atoms with Gasteiger partial charge in [0.05, 0.1) is 29.8 Å². The number of carbonyl (C=O) groups is 1. The van der Waals surface area contributed by atoms with Crippen LogP contribution in [0.1, 0.15) is 108 Å². The summed E-state index contributed by atoms with van der Waals surface area (Å²) in [6.07, 6.45) is 21.5. The Morgan fingerprint density at radius 2 is 0.971 bits per heavy atom. The van der Waals surface area contributed by atoms with Gasteiger partial charge in [-0.2, -0.15) is 0 Å². The van der Waals surface area contributed by atoms with Crippen LogP contribution in [0.4, 0.5) is 0 Å². The van der Waals surface area contributed by atoms with Crippen molar-refractivity contribution in [1.82, 2.24) is 0 Å². The largest absolute Gasteiger partial charge is 0.545 e. The van der Waals surface area contributed by atoms with Crippen molar-refractivity contribution >= 4 is 18.5 Å². The Morgan fingerprint density at radius 3 is 1.29 bits per heavy atom. The van der Waals surface area contributed by atoms with Crippen LogP contribution in [0.2, 0.25) is 0 Å². The molecule has 0 N–H and O–H groups in total. The van der Waals surface area contributed by atoms with Gasteiger partial charge in [0.15, 0.2) is 0 Å². The van der Waals surface area contributed by atoms with Crippen LogP contribution < -0.4 is 10.4 Å². The summed E-state index contributed by atoms with van der Waals surface area (Å²) in [4.78, 5) is 10.1. The van der Waals surface area contributed by atoms with Gasteiger partial charge in [0.2, 0.25) is 0 Å². The molecule has 0 atom stereocenters. The molecule has 0 amide bonds. The van der Waals surface area contributed by atoms with Crippen LogP contribution in [-0.4, -0.2) is 24.5 Å². The Hall–Kier alpha value is -1.66. The van der Waals surface area contributed by atoms with Crippen LogP contribution in [0.15, 0.2) is 60.7 Å². The Kier molecular flexibility index (Phi) is 17.5. The zero-order chi connectivity index (χ0) is 24.9. The van der Waals surface area contributed by atoms with Gasteiger partial charge in [-0.1, -0.05) is 108 Å². The third-order valence-electron chi connectivity index (χ3n) is 6.63. The zero-order valence-electron chi connectivity index (χ0n) is 22.1. The molecule has 0 aliphatic carbocycles.